The fourth-order valence-corrected chi connectivity index (χ4v) is 1.38. The Balaban J connectivity index is 0. The van der Waals surface area contributed by atoms with E-state index < -0.39 is 0 Å². The molecule has 0 aromatic carbocycles. The summed E-state index contributed by atoms with van der Waals surface area (Å²) in [5.74, 6) is 0. The molecule has 0 fully saturated rings. The smallest absolute Gasteiger partial charge is 1.00 e. The van der Waals surface area contributed by atoms with Crippen molar-refractivity contribution in [2.45, 2.75) is 51.4 Å². The van der Waals surface area contributed by atoms with Gasteiger partial charge in [-0.15, -0.1) is 0 Å². The molecule has 0 aliphatic heterocycles. The van der Waals surface area contributed by atoms with E-state index in [0.717, 1.165) is 0 Å². The molecule has 0 unspecified atom stereocenters. The molecule has 1 aliphatic rings. The first-order chi connectivity index (χ1) is 5.00. The molecule has 1 aliphatic carbocycles. The molecular formula is C10H17ClNi. The molecule has 0 radical (unpaired) electrons. The Morgan fingerprint density at radius 1 is 0.833 bits per heavy atom. The van der Waals surface area contributed by atoms with Crippen molar-refractivity contribution in [2.24, 2.45) is 0 Å². The summed E-state index contributed by atoms with van der Waals surface area (Å²) >= 11 is 0. The van der Waals surface area contributed by atoms with Crippen molar-refractivity contribution < 1.29 is 28.9 Å². The van der Waals surface area contributed by atoms with E-state index in [4.69, 9.17) is 0 Å². The van der Waals surface area contributed by atoms with Crippen molar-refractivity contribution >= 4 is 0 Å². The van der Waals surface area contributed by atoms with Crippen molar-refractivity contribution in [1.82, 2.24) is 0 Å². The van der Waals surface area contributed by atoms with E-state index in [9.17, 15) is 0 Å². The maximum absolute atomic E-state index is 3.33. The van der Waals surface area contributed by atoms with Crippen molar-refractivity contribution in [3.05, 3.63) is 12.2 Å². The Bertz CT molecular complexity index is 90.0. The summed E-state index contributed by atoms with van der Waals surface area (Å²) in [6, 6.07) is 0. The summed E-state index contributed by atoms with van der Waals surface area (Å²) in [5.41, 5.74) is 0. The third-order valence-corrected chi connectivity index (χ3v) is 2.06. The second-order valence-electron chi connectivity index (χ2n) is 3.07. The van der Waals surface area contributed by atoms with Crippen LogP contribution in [0.2, 0.25) is 0 Å². The molecule has 0 bridgehead atoms. The molecule has 12 heavy (non-hydrogen) atoms. The first-order valence-corrected chi connectivity index (χ1v) is 4.55. The average molecular weight is 231 g/mol. The van der Waals surface area contributed by atoms with Crippen LogP contribution in [0.15, 0.2) is 6.08 Å². The SMILES string of the molecule is [C-]1=CCCCCCCCC1.[Cl-].[Ni+2]. The van der Waals surface area contributed by atoms with Gasteiger partial charge in [0.2, 0.25) is 0 Å². The Morgan fingerprint density at radius 3 is 2.17 bits per heavy atom. The van der Waals surface area contributed by atoms with Gasteiger partial charge in [-0.2, -0.15) is 6.42 Å². The quantitative estimate of drug-likeness (QED) is 0.420. The molecule has 0 spiro atoms. The molecule has 0 N–H and O–H groups in total. The minimum atomic E-state index is 0. The standard InChI is InChI=1S/C10H17.ClH.Ni/c1-2-4-6-8-10-9-7-5-3-1;;/h1H,2,4-10H2;1H;/q-1;;+2/p-1. The summed E-state index contributed by atoms with van der Waals surface area (Å²) in [5, 5.41) is 0. The zero-order chi connectivity index (χ0) is 7.07. The van der Waals surface area contributed by atoms with Crippen LogP contribution in [-0.2, 0) is 16.5 Å². The van der Waals surface area contributed by atoms with E-state index in [1.165, 1.54) is 51.4 Å². The van der Waals surface area contributed by atoms with Gasteiger partial charge in [0.05, 0.1) is 0 Å². The molecular weight excluding hydrogens is 214 g/mol. The van der Waals surface area contributed by atoms with Crippen LogP contribution in [0.4, 0.5) is 0 Å². The van der Waals surface area contributed by atoms with Crippen molar-refractivity contribution in [3.8, 4) is 0 Å². The summed E-state index contributed by atoms with van der Waals surface area (Å²) < 4.78 is 0. The average Bonchev–Trinajstić information content (AvgIpc) is 2.01. The van der Waals surface area contributed by atoms with Gasteiger partial charge in [0, 0.05) is 0 Å². The number of halogens is 1. The van der Waals surface area contributed by atoms with Crippen LogP contribution >= 0.6 is 0 Å². The van der Waals surface area contributed by atoms with Crippen LogP contribution in [0.5, 0.6) is 0 Å². The van der Waals surface area contributed by atoms with Crippen molar-refractivity contribution in [1.29, 1.82) is 0 Å². The van der Waals surface area contributed by atoms with Gasteiger partial charge < -0.3 is 18.5 Å². The number of rotatable bonds is 0. The van der Waals surface area contributed by atoms with Gasteiger partial charge in [0.1, 0.15) is 0 Å². The van der Waals surface area contributed by atoms with E-state index in [-0.39, 0.29) is 28.9 Å². The van der Waals surface area contributed by atoms with Gasteiger partial charge >= 0.3 is 16.5 Å². The molecule has 1 rings (SSSR count). The van der Waals surface area contributed by atoms with Crippen LogP contribution in [0.25, 0.3) is 0 Å². The zero-order valence-electron chi connectivity index (χ0n) is 7.43. The fraction of sp³-hybridized carbons (Fsp3) is 0.800. The largest absolute Gasteiger partial charge is 2.00 e. The van der Waals surface area contributed by atoms with Gasteiger partial charge in [-0.25, -0.2) is 0 Å². The summed E-state index contributed by atoms with van der Waals surface area (Å²) in [4.78, 5) is 0. The minimum absolute atomic E-state index is 0. The molecule has 0 heterocycles. The van der Waals surface area contributed by atoms with E-state index >= 15 is 0 Å². The first kappa shape index (κ1) is 15.0. The van der Waals surface area contributed by atoms with Crippen LogP contribution in [0, 0.1) is 6.08 Å². The summed E-state index contributed by atoms with van der Waals surface area (Å²) in [6.45, 7) is 0. The molecule has 0 aromatic rings. The monoisotopic (exact) mass is 230 g/mol. The molecule has 0 atom stereocenters. The predicted molar refractivity (Wildman–Crippen MR) is 44.7 cm³/mol. The maximum atomic E-state index is 3.33. The molecule has 2 heteroatoms. The number of hydrogen-bond donors (Lipinski definition) is 0. The van der Waals surface area contributed by atoms with Gasteiger partial charge in [0.15, 0.2) is 0 Å². The second-order valence-corrected chi connectivity index (χ2v) is 3.07. The third-order valence-electron chi connectivity index (χ3n) is 2.06. The van der Waals surface area contributed by atoms with Gasteiger partial charge in [0.25, 0.3) is 0 Å². The molecule has 0 saturated heterocycles. The fourth-order valence-electron chi connectivity index (χ4n) is 1.38. The Hall–Kier alpha value is 0.524. The Labute approximate surface area is 92.5 Å². The summed E-state index contributed by atoms with van der Waals surface area (Å²) in [6.07, 6.45) is 16.5. The Morgan fingerprint density at radius 2 is 1.42 bits per heavy atom. The molecule has 0 amide bonds. The number of hydrogen-bond acceptors (Lipinski definition) is 0. The predicted octanol–water partition coefficient (Wildman–Crippen LogP) is 0.482. The summed E-state index contributed by atoms with van der Waals surface area (Å²) in [7, 11) is 0. The molecule has 0 saturated carbocycles. The van der Waals surface area contributed by atoms with Gasteiger partial charge in [-0.3, -0.25) is 6.08 Å². The van der Waals surface area contributed by atoms with Gasteiger partial charge in [-0.1, -0.05) is 44.9 Å². The van der Waals surface area contributed by atoms with Gasteiger partial charge in [-0.05, 0) is 0 Å². The molecule has 0 nitrogen and oxygen atoms in total. The van der Waals surface area contributed by atoms with Crippen LogP contribution in [0.3, 0.4) is 0 Å². The molecule has 0 aromatic heterocycles. The van der Waals surface area contributed by atoms with E-state index in [2.05, 4.69) is 12.2 Å². The topological polar surface area (TPSA) is 0 Å². The molecule has 74 valence electrons. The maximum Gasteiger partial charge on any atom is 2.00 e. The van der Waals surface area contributed by atoms with Crippen LogP contribution in [0.1, 0.15) is 51.4 Å². The third kappa shape index (κ3) is 8.62. The first-order valence-electron chi connectivity index (χ1n) is 4.55. The normalized spacial score (nSPS) is 18.7. The van der Waals surface area contributed by atoms with Crippen molar-refractivity contribution in [3.63, 3.8) is 0 Å². The van der Waals surface area contributed by atoms with E-state index in [1.54, 1.807) is 0 Å². The second kappa shape index (κ2) is 11.5. The van der Waals surface area contributed by atoms with Crippen molar-refractivity contribution in [2.75, 3.05) is 0 Å². The number of allylic oxidation sites excluding steroid dienone is 2. The van der Waals surface area contributed by atoms with Crippen LogP contribution in [-0.4, -0.2) is 0 Å². The van der Waals surface area contributed by atoms with E-state index in [1.807, 2.05) is 0 Å². The Kier molecular flexibility index (Phi) is 14.4. The van der Waals surface area contributed by atoms with E-state index in [0.29, 0.717) is 0 Å². The van der Waals surface area contributed by atoms with Crippen LogP contribution < -0.4 is 12.4 Å². The minimum Gasteiger partial charge on any atom is -1.00 e. The zero-order valence-corrected chi connectivity index (χ0v) is 9.17.